The number of hydrogen-bond donors (Lipinski definition) is 2. The fourth-order valence-electron chi connectivity index (χ4n) is 2.63. The fraction of sp³-hybridized carbons (Fsp3) is 0.190. The molecule has 2 aromatic carbocycles. The Hall–Kier alpha value is -3.68. The van der Waals surface area contributed by atoms with Crippen LogP contribution in [0.1, 0.15) is 5.56 Å². The number of carbonyl (C=O) groups excluding carboxylic acids is 2. The van der Waals surface area contributed by atoms with Crippen LogP contribution in [0, 0.1) is 5.82 Å². The maximum absolute atomic E-state index is 13.6. The van der Waals surface area contributed by atoms with Crippen LogP contribution in [0.3, 0.4) is 0 Å². The smallest absolute Gasteiger partial charge is 0.313 e. The first-order valence-corrected chi connectivity index (χ1v) is 9.15. The first-order chi connectivity index (χ1) is 14.1. The van der Waals surface area contributed by atoms with Gasteiger partial charge in [0.05, 0.1) is 6.54 Å². The van der Waals surface area contributed by atoms with Crippen LogP contribution in [0.2, 0.25) is 0 Å². The zero-order valence-electron chi connectivity index (χ0n) is 15.7. The van der Waals surface area contributed by atoms with E-state index >= 15 is 0 Å². The summed E-state index contributed by atoms with van der Waals surface area (Å²) in [6.07, 6.45) is 3.83. The summed E-state index contributed by atoms with van der Waals surface area (Å²) in [7, 11) is 0. The minimum atomic E-state index is -0.799. The molecule has 0 aliphatic rings. The average Bonchev–Trinajstić information content (AvgIpc) is 3.23. The van der Waals surface area contributed by atoms with E-state index in [1.807, 2.05) is 12.3 Å². The number of benzene rings is 2. The Balaban J connectivity index is 1.44. The Labute approximate surface area is 167 Å². The van der Waals surface area contributed by atoms with E-state index in [2.05, 4.69) is 15.7 Å². The monoisotopic (exact) mass is 396 g/mol. The number of nitrogens with one attached hydrogen (secondary N) is 2. The third kappa shape index (κ3) is 6.17. The van der Waals surface area contributed by atoms with Gasteiger partial charge in [0, 0.05) is 30.7 Å². The summed E-state index contributed by atoms with van der Waals surface area (Å²) in [5.41, 5.74) is 0.920. The standard InChI is InChI=1S/C21H21FN4O3/c22-19-8-2-1-5-16(19)9-11-23-20(27)21(28)25-17-6-3-7-18(15-17)29-14-13-26-12-4-10-24-26/h1-8,10,12,15H,9,11,13-14H2,(H,23,27)(H,25,28). The lowest BCUT2D eigenvalue weighted by molar-refractivity contribution is -0.136. The van der Waals surface area contributed by atoms with Gasteiger partial charge in [-0.3, -0.25) is 14.3 Å². The Kier molecular flexibility index (Phi) is 6.94. The molecule has 0 saturated carbocycles. The predicted molar refractivity (Wildman–Crippen MR) is 106 cm³/mol. The molecule has 0 unspecified atom stereocenters. The Bertz CT molecular complexity index is 960. The van der Waals surface area contributed by atoms with Crippen LogP contribution < -0.4 is 15.4 Å². The quantitative estimate of drug-likeness (QED) is 0.573. The van der Waals surface area contributed by atoms with Gasteiger partial charge in [-0.1, -0.05) is 24.3 Å². The molecular weight excluding hydrogens is 375 g/mol. The number of ether oxygens (including phenoxy) is 1. The highest BCUT2D eigenvalue weighted by Crippen LogP contribution is 2.17. The highest BCUT2D eigenvalue weighted by Gasteiger charge is 2.14. The van der Waals surface area contributed by atoms with E-state index in [1.165, 1.54) is 6.07 Å². The lowest BCUT2D eigenvalue weighted by atomic mass is 10.1. The van der Waals surface area contributed by atoms with Crippen molar-refractivity contribution >= 4 is 17.5 Å². The molecule has 0 fully saturated rings. The largest absolute Gasteiger partial charge is 0.492 e. The minimum Gasteiger partial charge on any atom is -0.492 e. The number of carbonyl (C=O) groups is 2. The van der Waals surface area contributed by atoms with Crippen LogP contribution in [-0.4, -0.2) is 34.7 Å². The molecule has 8 heteroatoms. The zero-order valence-corrected chi connectivity index (χ0v) is 15.7. The molecule has 3 rings (SSSR count). The minimum absolute atomic E-state index is 0.157. The molecule has 2 amide bonds. The predicted octanol–water partition coefficient (Wildman–Crippen LogP) is 2.40. The molecule has 1 heterocycles. The van der Waals surface area contributed by atoms with Crippen molar-refractivity contribution in [2.45, 2.75) is 13.0 Å². The van der Waals surface area contributed by atoms with Crippen molar-refractivity contribution < 1.29 is 18.7 Å². The van der Waals surface area contributed by atoms with Crippen molar-refractivity contribution in [3.8, 4) is 5.75 Å². The van der Waals surface area contributed by atoms with Crippen LogP contribution in [-0.2, 0) is 22.6 Å². The van der Waals surface area contributed by atoms with Gasteiger partial charge in [0.25, 0.3) is 0 Å². The molecule has 2 N–H and O–H groups in total. The molecule has 7 nitrogen and oxygen atoms in total. The van der Waals surface area contributed by atoms with E-state index in [0.29, 0.717) is 36.6 Å². The van der Waals surface area contributed by atoms with Gasteiger partial charge in [0.1, 0.15) is 18.2 Å². The maximum Gasteiger partial charge on any atom is 0.313 e. The summed E-state index contributed by atoms with van der Waals surface area (Å²) >= 11 is 0. The SMILES string of the molecule is O=C(NCCc1ccccc1F)C(=O)Nc1cccc(OCCn2cccn2)c1. The van der Waals surface area contributed by atoms with Gasteiger partial charge in [0.15, 0.2) is 0 Å². The van der Waals surface area contributed by atoms with E-state index in [-0.39, 0.29) is 12.4 Å². The lowest BCUT2D eigenvalue weighted by Crippen LogP contribution is -2.36. The number of halogens is 1. The van der Waals surface area contributed by atoms with Gasteiger partial charge in [0.2, 0.25) is 0 Å². The van der Waals surface area contributed by atoms with Crippen molar-refractivity contribution in [2.75, 3.05) is 18.5 Å². The third-order valence-electron chi connectivity index (χ3n) is 4.08. The van der Waals surface area contributed by atoms with Crippen molar-refractivity contribution in [3.63, 3.8) is 0 Å². The molecule has 0 saturated heterocycles. The van der Waals surface area contributed by atoms with Gasteiger partial charge in [-0.15, -0.1) is 0 Å². The summed E-state index contributed by atoms with van der Waals surface area (Å²) in [4.78, 5) is 24.0. The Morgan fingerprint density at radius 3 is 2.72 bits per heavy atom. The van der Waals surface area contributed by atoms with Gasteiger partial charge in [-0.05, 0) is 36.2 Å². The lowest BCUT2D eigenvalue weighted by Gasteiger charge is -2.10. The number of nitrogens with zero attached hydrogens (tertiary/aromatic N) is 2. The number of aromatic nitrogens is 2. The molecule has 150 valence electrons. The Morgan fingerprint density at radius 1 is 1.07 bits per heavy atom. The summed E-state index contributed by atoms with van der Waals surface area (Å²) in [5, 5.41) is 9.09. The van der Waals surface area contributed by atoms with E-state index in [4.69, 9.17) is 4.74 Å². The molecule has 3 aromatic rings. The summed E-state index contributed by atoms with van der Waals surface area (Å²) in [6, 6.07) is 14.9. The van der Waals surface area contributed by atoms with Crippen LogP contribution in [0.4, 0.5) is 10.1 Å². The molecule has 0 aliphatic heterocycles. The van der Waals surface area contributed by atoms with Crippen molar-refractivity contribution in [2.24, 2.45) is 0 Å². The van der Waals surface area contributed by atoms with E-state index in [9.17, 15) is 14.0 Å². The highest BCUT2D eigenvalue weighted by molar-refractivity contribution is 6.39. The van der Waals surface area contributed by atoms with Crippen LogP contribution >= 0.6 is 0 Å². The van der Waals surface area contributed by atoms with E-state index in [0.717, 1.165) is 0 Å². The topological polar surface area (TPSA) is 85.3 Å². The second kappa shape index (κ2) is 10.0. The van der Waals surface area contributed by atoms with Crippen LogP contribution in [0.25, 0.3) is 0 Å². The number of rotatable bonds is 8. The first-order valence-electron chi connectivity index (χ1n) is 9.15. The van der Waals surface area contributed by atoms with Crippen LogP contribution in [0.15, 0.2) is 67.0 Å². The second-order valence-corrected chi connectivity index (χ2v) is 6.20. The molecule has 0 spiro atoms. The Morgan fingerprint density at radius 2 is 1.93 bits per heavy atom. The number of amides is 2. The fourth-order valence-corrected chi connectivity index (χ4v) is 2.63. The highest BCUT2D eigenvalue weighted by atomic mass is 19.1. The molecule has 0 aliphatic carbocycles. The van der Waals surface area contributed by atoms with Gasteiger partial charge in [-0.25, -0.2) is 4.39 Å². The summed E-state index contributed by atoms with van der Waals surface area (Å²) in [5.74, 6) is -1.36. The molecular formula is C21H21FN4O3. The molecule has 0 bridgehead atoms. The normalized spacial score (nSPS) is 10.4. The summed E-state index contributed by atoms with van der Waals surface area (Å²) < 4.78 is 20.9. The molecule has 1 aromatic heterocycles. The second-order valence-electron chi connectivity index (χ2n) is 6.20. The molecule has 0 atom stereocenters. The number of hydrogen-bond acceptors (Lipinski definition) is 4. The van der Waals surface area contributed by atoms with Gasteiger partial charge < -0.3 is 15.4 Å². The van der Waals surface area contributed by atoms with Crippen molar-refractivity contribution in [3.05, 3.63) is 78.4 Å². The van der Waals surface area contributed by atoms with Crippen molar-refractivity contribution in [1.29, 1.82) is 0 Å². The molecule has 0 radical (unpaired) electrons. The van der Waals surface area contributed by atoms with Crippen molar-refractivity contribution in [1.82, 2.24) is 15.1 Å². The average molecular weight is 396 g/mol. The van der Waals surface area contributed by atoms with E-state index < -0.39 is 11.8 Å². The van der Waals surface area contributed by atoms with E-state index in [1.54, 1.807) is 53.3 Å². The van der Waals surface area contributed by atoms with Crippen LogP contribution in [0.5, 0.6) is 5.75 Å². The zero-order chi connectivity index (χ0) is 20.5. The maximum atomic E-state index is 13.6. The first kappa shape index (κ1) is 20.1. The number of anilines is 1. The van der Waals surface area contributed by atoms with Gasteiger partial charge >= 0.3 is 11.8 Å². The third-order valence-corrected chi connectivity index (χ3v) is 4.08. The summed E-state index contributed by atoms with van der Waals surface area (Å²) in [6.45, 7) is 1.16. The van der Waals surface area contributed by atoms with Gasteiger partial charge in [-0.2, -0.15) is 5.10 Å². The molecule has 29 heavy (non-hydrogen) atoms.